The minimum absolute atomic E-state index is 0.327. The number of nitrogens with one attached hydrogen (secondary N) is 1. The van der Waals surface area contributed by atoms with Gasteiger partial charge in [0.25, 0.3) is 0 Å². The van der Waals surface area contributed by atoms with E-state index in [4.69, 9.17) is 0 Å². The number of hydrazone groups is 1. The van der Waals surface area contributed by atoms with Gasteiger partial charge < -0.3 is 5.11 Å². The molecular weight excluding hydrogens is 252 g/mol. The predicted octanol–water partition coefficient (Wildman–Crippen LogP) is 3.15. The van der Waals surface area contributed by atoms with Crippen molar-refractivity contribution in [3.63, 3.8) is 0 Å². The first-order valence-electron chi connectivity index (χ1n) is 6.49. The Balaban J connectivity index is 1.94. The molecule has 1 aliphatic carbocycles. The van der Waals surface area contributed by atoms with Gasteiger partial charge in [0.1, 0.15) is 0 Å². The maximum atomic E-state index is 11.3. The highest BCUT2D eigenvalue weighted by molar-refractivity contribution is 6.11. The normalized spacial score (nSPS) is 15.1. The van der Waals surface area contributed by atoms with Crippen LogP contribution in [0.15, 0.2) is 53.6 Å². The molecule has 0 unspecified atom stereocenters. The van der Waals surface area contributed by atoms with Gasteiger partial charge in [-0.1, -0.05) is 30.3 Å². The zero-order chi connectivity index (χ0) is 13.9. The zero-order valence-electron chi connectivity index (χ0n) is 10.8. The third-order valence-electron chi connectivity index (χ3n) is 3.39. The molecule has 0 atom stereocenters. The summed E-state index contributed by atoms with van der Waals surface area (Å²) in [7, 11) is 0. The summed E-state index contributed by atoms with van der Waals surface area (Å²) in [5.41, 5.74) is 6.83. The van der Waals surface area contributed by atoms with E-state index < -0.39 is 5.97 Å². The number of hydrogen-bond donors (Lipinski definition) is 2. The Bertz CT molecular complexity index is 678. The Hall–Kier alpha value is -2.62. The molecular formula is C16H14N2O2. The van der Waals surface area contributed by atoms with Crippen molar-refractivity contribution < 1.29 is 9.90 Å². The number of aryl methyl sites for hydroxylation is 1. The first-order chi connectivity index (χ1) is 9.75. The van der Waals surface area contributed by atoms with Crippen LogP contribution in [0.3, 0.4) is 0 Å². The number of carboxylic acids is 1. The topological polar surface area (TPSA) is 61.7 Å². The molecule has 0 aliphatic heterocycles. The van der Waals surface area contributed by atoms with Gasteiger partial charge in [-0.3, -0.25) is 5.43 Å². The van der Waals surface area contributed by atoms with Crippen LogP contribution >= 0.6 is 0 Å². The molecule has 0 amide bonds. The lowest BCUT2D eigenvalue weighted by Gasteiger charge is -2.06. The molecule has 2 aromatic carbocycles. The Morgan fingerprint density at radius 2 is 1.85 bits per heavy atom. The summed E-state index contributed by atoms with van der Waals surface area (Å²) in [6.07, 6.45) is 1.60. The van der Waals surface area contributed by atoms with E-state index in [1.54, 1.807) is 12.1 Å². The third kappa shape index (κ3) is 2.28. The fourth-order valence-electron chi connectivity index (χ4n) is 2.46. The van der Waals surface area contributed by atoms with Crippen LogP contribution in [0.1, 0.15) is 27.9 Å². The van der Waals surface area contributed by atoms with Crippen LogP contribution in [-0.4, -0.2) is 16.8 Å². The molecule has 4 nitrogen and oxygen atoms in total. The first kappa shape index (κ1) is 12.4. The lowest BCUT2D eigenvalue weighted by atomic mass is 10.0. The van der Waals surface area contributed by atoms with E-state index in [0.717, 1.165) is 35.4 Å². The van der Waals surface area contributed by atoms with Crippen molar-refractivity contribution in [1.29, 1.82) is 0 Å². The molecule has 3 rings (SSSR count). The minimum atomic E-state index is -0.906. The number of carbonyl (C=O) groups is 1. The molecule has 100 valence electrons. The molecule has 2 aromatic rings. The van der Waals surface area contributed by atoms with Crippen molar-refractivity contribution in [2.75, 3.05) is 5.43 Å². The Labute approximate surface area is 116 Å². The van der Waals surface area contributed by atoms with E-state index in [1.807, 2.05) is 36.4 Å². The Morgan fingerprint density at radius 1 is 1.05 bits per heavy atom. The molecule has 0 saturated carbocycles. The number of nitrogens with zero attached hydrogens (tertiary/aromatic N) is 1. The molecule has 0 radical (unpaired) electrons. The first-order valence-corrected chi connectivity index (χ1v) is 6.49. The summed E-state index contributed by atoms with van der Waals surface area (Å²) in [5, 5.41) is 13.7. The number of anilines is 1. The summed E-state index contributed by atoms with van der Waals surface area (Å²) in [5.74, 6) is -0.906. The monoisotopic (exact) mass is 266 g/mol. The standard InChI is InChI=1S/C16H14N2O2/c19-16(20)13-8-4-5-11-9-10-14(15(11)13)18-17-12-6-2-1-3-7-12/h1-8,17H,9-10H2,(H,19,20)/b18-14+. The molecule has 1 aliphatic rings. The average Bonchev–Trinajstić information content (AvgIpc) is 2.89. The van der Waals surface area contributed by atoms with Crippen molar-refractivity contribution >= 4 is 17.4 Å². The van der Waals surface area contributed by atoms with Crippen molar-refractivity contribution in [1.82, 2.24) is 0 Å². The highest BCUT2D eigenvalue weighted by Crippen LogP contribution is 2.26. The van der Waals surface area contributed by atoms with Crippen LogP contribution in [0.25, 0.3) is 0 Å². The molecule has 0 heterocycles. The number of aromatic carboxylic acids is 1. The van der Waals surface area contributed by atoms with Crippen LogP contribution in [0.4, 0.5) is 5.69 Å². The Kier molecular flexibility index (Phi) is 3.21. The summed E-state index contributed by atoms with van der Waals surface area (Å²) in [6, 6.07) is 15.0. The summed E-state index contributed by atoms with van der Waals surface area (Å²) in [4.78, 5) is 11.3. The van der Waals surface area contributed by atoms with Crippen LogP contribution in [-0.2, 0) is 6.42 Å². The lowest BCUT2D eigenvalue weighted by molar-refractivity contribution is 0.0696. The lowest BCUT2D eigenvalue weighted by Crippen LogP contribution is -2.08. The van der Waals surface area contributed by atoms with E-state index >= 15 is 0 Å². The van der Waals surface area contributed by atoms with E-state index in [0.29, 0.717) is 5.56 Å². The van der Waals surface area contributed by atoms with Gasteiger partial charge in [-0.25, -0.2) is 4.79 Å². The van der Waals surface area contributed by atoms with E-state index in [-0.39, 0.29) is 0 Å². The largest absolute Gasteiger partial charge is 0.478 e. The number of carboxylic acid groups (broad SMARTS) is 1. The molecule has 20 heavy (non-hydrogen) atoms. The summed E-state index contributed by atoms with van der Waals surface area (Å²) >= 11 is 0. The molecule has 2 N–H and O–H groups in total. The zero-order valence-corrected chi connectivity index (χ0v) is 10.8. The second-order valence-electron chi connectivity index (χ2n) is 4.68. The quantitative estimate of drug-likeness (QED) is 0.839. The Morgan fingerprint density at radius 3 is 2.60 bits per heavy atom. The van der Waals surface area contributed by atoms with Gasteiger partial charge in [0, 0.05) is 5.56 Å². The van der Waals surface area contributed by atoms with Crippen LogP contribution in [0.2, 0.25) is 0 Å². The van der Waals surface area contributed by atoms with Crippen molar-refractivity contribution in [2.45, 2.75) is 12.8 Å². The molecule has 0 bridgehead atoms. The fourth-order valence-corrected chi connectivity index (χ4v) is 2.46. The minimum Gasteiger partial charge on any atom is -0.478 e. The SMILES string of the molecule is O=C(O)c1cccc2c1/C(=N/Nc1ccccc1)CC2. The van der Waals surface area contributed by atoms with Crippen molar-refractivity contribution in [3.8, 4) is 0 Å². The van der Waals surface area contributed by atoms with E-state index in [9.17, 15) is 9.90 Å². The number of hydrogen-bond acceptors (Lipinski definition) is 3. The van der Waals surface area contributed by atoms with Crippen molar-refractivity contribution in [3.05, 3.63) is 65.2 Å². The number of rotatable bonds is 3. The predicted molar refractivity (Wildman–Crippen MR) is 78.3 cm³/mol. The second-order valence-corrected chi connectivity index (χ2v) is 4.68. The summed E-state index contributed by atoms with van der Waals surface area (Å²) < 4.78 is 0. The maximum Gasteiger partial charge on any atom is 0.336 e. The van der Waals surface area contributed by atoms with E-state index in [1.165, 1.54) is 0 Å². The third-order valence-corrected chi connectivity index (χ3v) is 3.39. The van der Waals surface area contributed by atoms with Gasteiger partial charge in [0.05, 0.1) is 17.0 Å². The molecule has 0 aromatic heterocycles. The fraction of sp³-hybridized carbons (Fsp3) is 0.125. The van der Waals surface area contributed by atoms with E-state index in [2.05, 4.69) is 10.5 Å². The number of fused-ring (bicyclic) bond motifs is 1. The number of benzene rings is 2. The maximum absolute atomic E-state index is 11.3. The highest BCUT2D eigenvalue weighted by Gasteiger charge is 2.24. The average molecular weight is 266 g/mol. The smallest absolute Gasteiger partial charge is 0.336 e. The molecule has 0 fully saturated rings. The number of para-hydroxylation sites is 1. The highest BCUT2D eigenvalue weighted by atomic mass is 16.4. The molecule has 4 heteroatoms. The van der Waals surface area contributed by atoms with Gasteiger partial charge >= 0.3 is 5.97 Å². The van der Waals surface area contributed by atoms with Crippen LogP contribution in [0, 0.1) is 0 Å². The van der Waals surface area contributed by atoms with Gasteiger partial charge in [-0.2, -0.15) is 5.10 Å². The van der Waals surface area contributed by atoms with Crippen LogP contribution < -0.4 is 5.43 Å². The van der Waals surface area contributed by atoms with Crippen LogP contribution in [0.5, 0.6) is 0 Å². The van der Waals surface area contributed by atoms with Gasteiger partial charge in [-0.05, 0) is 36.6 Å². The van der Waals surface area contributed by atoms with Gasteiger partial charge in [-0.15, -0.1) is 0 Å². The molecule has 0 spiro atoms. The van der Waals surface area contributed by atoms with Gasteiger partial charge in [0.2, 0.25) is 0 Å². The van der Waals surface area contributed by atoms with Crippen molar-refractivity contribution in [2.24, 2.45) is 5.10 Å². The summed E-state index contributed by atoms with van der Waals surface area (Å²) in [6.45, 7) is 0. The van der Waals surface area contributed by atoms with Gasteiger partial charge in [0.15, 0.2) is 0 Å². The second kappa shape index (κ2) is 5.17. The molecule has 0 saturated heterocycles.